The summed E-state index contributed by atoms with van der Waals surface area (Å²) in [7, 11) is 0. The smallest absolute Gasteiger partial charge is 0.387 e. The summed E-state index contributed by atoms with van der Waals surface area (Å²) in [4.78, 5) is 49.8. The zero-order valence-corrected chi connectivity index (χ0v) is 25.3. The summed E-state index contributed by atoms with van der Waals surface area (Å²) < 4.78 is 46.7. The first-order valence-electron chi connectivity index (χ1n) is 15.2. The van der Waals surface area contributed by atoms with E-state index < -0.39 is 23.6 Å². The number of anilines is 2. The Morgan fingerprint density at radius 1 is 1.09 bits per heavy atom. The molecule has 6 rings (SSSR count). The number of halogens is 3. The van der Waals surface area contributed by atoms with Gasteiger partial charge in [0.15, 0.2) is 5.13 Å². The number of alkyl halides is 2. The Bertz CT molecular complexity index is 1570. The third kappa shape index (κ3) is 6.98. The van der Waals surface area contributed by atoms with Crippen LogP contribution in [0, 0.1) is 17.0 Å². The Balaban J connectivity index is 1.35. The number of ether oxygens (including phenoxy) is 1. The zero-order valence-electron chi connectivity index (χ0n) is 24.5. The van der Waals surface area contributed by atoms with Crippen LogP contribution < -0.4 is 14.5 Å². The number of aliphatic carboxylic acids is 1. The van der Waals surface area contributed by atoms with Crippen LogP contribution in [-0.2, 0) is 14.4 Å². The minimum atomic E-state index is -3.10. The highest BCUT2D eigenvalue weighted by atomic mass is 32.1. The number of carbonyl (C=O) groups excluding carboxylic acids is 2. The molecule has 1 atom stereocenters. The van der Waals surface area contributed by atoms with E-state index in [1.54, 1.807) is 17.0 Å². The predicted octanol–water partition coefficient (Wildman–Crippen LogP) is 6.91. The molecule has 3 aromatic rings. The fourth-order valence-corrected chi connectivity index (χ4v) is 7.28. The lowest BCUT2D eigenvalue weighted by atomic mass is 9.90. The molecule has 0 bridgehead atoms. The highest BCUT2D eigenvalue weighted by molar-refractivity contribution is 7.14. The van der Waals surface area contributed by atoms with E-state index in [0.29, 0.717) is 60.5 Å². The second-order valence-electron chi connectivity index (χ2n) is 11.9. The topological polar surface area (TPSA) is 113 Å². The van der Waals surface area contributed by atoms with Crippen LogP contribution in [0.1, 0.15) is 64.2 Å². The average molecular weight is 643 g/mol. The van der Waals surface area contributed by atoms with Gasteiger partial charge in [0.2, 0.25) is 16.9 Å². The maximum atomic E-state index is 15.8. The van der Waals surface area contributed by atoms with E-state index in [2.05, 4.69) is 14.7 Å². The first-order chi connectivity index (χ1) is 21.7. The summed E-state index contributed by atoms with van der Waals surface area (Å²) in [6.45, 7) is -2.54. The van der Waals surface area contributed by atoms with Crippen molar-refractivity contribution in [1.82, 2.24) is 9.97 Å². The molecule has 1 saturated heterocycles. The molecule has 1 aromatic carbocycles. The van der Waals surface area contributed by atoms with Gasteiger partial charge in [0, 0.05) is 42.2 Å². The van der Waals surface area contributed by atoms with Crippen molar-refractivity contribution in [3.63, 3.8) is 0 Å². The van der Waals surface area contributed by atoms with Crippen molar-refractivity contribution in [3.8, 4) is 28.1 Å². The molecule has 238 valence electrons. The number of rotatable bonds is 12. The van der Waals surface area contributed by atoms with Crippen LogP contribution in [-0.4, -0.2) is 52.1 Å². The largest absolute Gasteiger partial charge is 0.481 e. The summed E-state index contributed by atoms with van der Waals surface area (Å²) in [5, 5.41) is 8.97. The summed E-state index contributed by atoms with van der Waals surface area (Å²) >= 11 is 0.667. The van der Waals surface area contributed by atoms with E-state index in [0.717, 1.165) is 32.1 Å². The Hall–Kier alpha value is -4.00. The SMILES string of the molecule is O=C(O)CC(CC1CCCC1)C(=O)N(c1nc(-c2cc(OC(F)F)ccc2-c2ccc(N3CCCC3=O)nc2)c(F)s1)C1CC1. The van der Waals surface area contributed by atoms with Gasteiger partial charge >= 0.3 is 12.6 Å². The molecule has 3 aliphatic rings. The number of amides is 2. The molecule has 0 spiro atoms. The van der Waals surface area contributed by atoms with Gasteiger partial charge in [-0.2, -0.15) is 13.2 Å². The van der Waals surface area contributed by atoms with Gasteiger partial charge < -0.3 is 9.84 Å². The van der Waals surface area contributed by atoms with Crippen molar-refractivity contribution in [3.05, 3.63) is 41.7 Å². The summed E-state index contributed by atoms with van der Waals surface area (Å²) in [6, 6.07) is 7.30. The highest BCUT2D eigenvalue weighted by Crippen LogP contribution is 2.43. The number of carboxylic acids is 1. The summed E-state index contributed by atoms with van der Waals surface area (Å²) in [5.74, 6) is -1.67. The van der Waals surface area contributed by atoms with Gasteiger partial charge in [0.25, 0.3) is 0 Å². The average Bonchev–Trinajstić information content (AvgIpc) is 3.33. The van der Waals surface area contributed by atoms with Gasteiger partial charge in [-0.25, -0.2) is 9.97 Å². The molecular formula is C32H33F3N4O5S. The molecule has 1 unspecified atom stereocenters. The molecule has 2 aromatic heterocycles. The van der Waals surface area contributed by atoms with E-state index in [-0.39, 0.29) is 52.3 Å². The third-order valence-corrected chi connectivity index (χ3v) is 9.52. The van der Waals surface area contributed by atoms with Crippen molar-refractivity contribution in [2.75, 3.05) is 16.3 Å². The molecule has 2 aliphatic carbocycles. The van der Waals surface area contributed by atoms with Crippen LogP contribution in [0.25, 0.3) is 22.4 Å². The molecule has 2 amide bonds. The summed E-state index contributed by atoms with van der Waals surface area (Å²) in [5.41, 5.74) is 0.989. The lowest BCUT2D eigenvalue weighted by Gasteiger charge is -2.26. The Morgan fingerprint density at radius 2 is 1.87 bits per heavy atom. The zero-order chi connectivity index (χ0) is 31.7. The predicted molar refractivity (Wildman–Crippen MR) is 162 cm³/mol. The quantitative estimate of drug-likeness (QED) is 0.229. The van der Waals surface area contributed by atoms with Gasteiger partial charge in [-0.1, -0.05) is 37.0 Å². The number of carboxylic acid groups (broad SMARTS) is 1. The lowest BCUT2D eigenvalue weighted by Crippen LogP contribution is -2.39. The second kappa shape index (κ2) is 13.2. The first-order valence-corrected chi connectivity index (χ1v) is 16.1. The molecule has 9 nitrogen and oxygen atoms in total. The van der Waals surface area contributed by atoms with Crippen LogP contribution in [0.3, 0.4) is 0 Å². The number of pyridine rings is 1. The van der Waals surface area contributed by atoms with Crippen molar-refractivity contribution < 1.29 is 37.4 Å². The monoisotopic (exact) mass is 642 g/mol. The van der Waals surface area contributed by atoms with Gasteiger partial charge in [0.05, 0.1) is 6.42 Å². The number of aromatic nitrogens is 2. The standard InChI is InChI=1S/C32H33F3N4O5S/c33-29-28(37-32(45-29)39(21-8-9-21)30(43)20(15-27(41)42)14-18-4-1-2-5-18)24-16-22(44-31(34)35)10-11-23(24)19-7-12-25(36-17-19)38-13-3-6-26(38)40/h7,10-12,16-18,20-21,31H,1-6,8-9,13-15H2,(H,41,42). The highest BCUT2D eigenvalue weighted by Gasteiger charge is 2.41. The molecule has 13 heteroatoms. The van der Waals surface area contributed by atoms with E-state index in [4.69, 9.17) is 0 Å². The number of hydrogen-bond donors (Lipinski definition) is 1. The Kier molecular flexibility index (Phi) is 9.06. The second-order valence-corrected chi connectivity index (χ2v) is 12.8. The van der Waals surface area contributed by atoms with Crippen LogP contribution in [0.2, 0.25) is 0 Å². The minimum absolute atomic E-state index is 0.0230. The van der Waals surface area contributed by atoms with Crippen LogP contribution in [0.5, 0.6) is 5.75 Å². The van der Waals surface area contributed by atoms with E-state index >= 15 is 4.39 Å². The number of carbonyl (C=O) groups is 3. The molecule has 2 saturated carbocycles. The third-order valence-electron chi connectivity index (χ3n) is 8.67. The molecule has 1 N–H and O–H groups in total. The van der Waals surface area contributed by atoms with Crippen molar-refractivity contribution in [2.45, 2.75) is 76.9 Å². The summed E-state index contributed by atoms with van der Waals surface area (Å²) in [6.07, 6.45) is 8.23. The fraction of sp³-hybridized carbons (Fsp3) is 0.469. The first kappa shape index (κ1) is 31.0. The van der Waals surface area contributed by atoms with Gasteiger partial charge in [-0.05, 0) is 67.5 Å². The van der Waals surface area contributed by atoms with E-state index in [9.17, 15) is 28.3 Å². The Morgan fingerprint density at radius 3 is 2.49 bits per heavy atom. The van der Waals surface area contributed by atoms with Gasteiger partial charge in [-0.3, -0.25) is 24.2 Å². The van der Waals surface area contributed by atoms with Crippen LogP contribution in [0.4, 0.5) is 24.1 Å². The Labute approximate surface area is 262 Å². The van der Waals surface area contributed by atoms with Crippen LogP contribution >= 0.6 is 11.3 Å². The molecular weight excluding hydrogens is 609 g/mol. The fourth-order valence-electron chi connectivity index (χ4n) is 6.39. The molecule has 3 heterocycles. The van der Waals surface area contributed by atoms with Gasteiger partial charge in [0.1, 0.15) is 17.3 Å². The van der Waals surface area contributed by atoms with Crippen molar-refractivity contribution in [2.24, 2.45) is 11.8 Å². The molecule has 0 radical (unpaired) electrons. The molecule has 1 aliphatic heterocycles. The van der Waals surface area contributed by atoms with E-state index in [1.165, 1.54) is 29.3 Å². The molecule has 45 heavy (non-hydrogen) atoms. The minimum Gasteiger partial charge on any atom is -0.481 e. The van der Waals surface area contributed by atoms with Crippen LogP contribution in [0.15, 0.2) is 36.5 Å². The number of thiazole rings is 1. The number of benzene rings is 1. The lowest BCUT2D eigenvalue weighted by molar-refractivity contribution is -0.141. The number of hydrogen-bond acceptors (Lipinski definition) is 7. The van der Waals surface area contributed by atoms with Crippen molar-refractivity contribution in [1.29, 1.82) is 0 Å². The number of nitrogens with zero attached hydrogens (tertiary/aromatic N) is 4. The molecule has 3 fully saturated rings. The maximum Gasteiger partial charge on any atom is 0.387 e. The normalized spacial score (nSPS) is 17.7. The van der Waals surface area contributed by atoms with Crippen molar-refractivity contribution >= 4 is 40.1 Å². The van der Waals surface area contributed by atoms with Gasteiger partial charge in [-0.15, -0.1) is 0 Å². The maximum absolute atomic E-state index is 15.8. The van der Waals surface area contributed by atoms with E-state index in [1.807, 2.05) is 0 Å².